The molecule has 0 spiro atoms. The van der Waals surface area contributed by atoms with Crippen LogP contribution in [0.5, 0.6) is 0 Å². The van der Waals surface area contributed by atoms with Crippen molar-refractivity contribution >= 4 is 5.91 Å². The second-order valence-corrected chi connectivity index (χ2v) is 5.66. The Kier molecular flexibility index (Phi) is 5.56. The Morgan fingerprint density at radius 2 is 2.20 bits per heavy atom. The van der Waals surface area contributed by atoms with Crippen LogP contribution in [0.3, 0.4) is 0 Å². The number of amides is 1. The normalized spacial score (nSPS) is 21.4. The molecule has 3 unspecified atom stereocenters. The first-order chi connectivity index (χ1) is 9.68. The van der Waals surface area contributed by atoms with E-state index in [1.807, 2.05) is 37.3 Å². The van der Waals surface area contributed by atoms with Crippen molar-refractivity contribution in [3.05, 3.63) is 35.9 Å². The van der Waals surface area contributed by atoms with Gasteiger partial charge in [0, 0.05) is 12.6 Å². The van der Waals surface area contributed by atoms with Crippen LogP contribution in [0.1, 0.15) is 31.4 Å². The van der Waals surface area contributed by atoms with E-state index in [0.29, 0.717) is 5.92 Å². The van der Waals surface area contributed by atoms with E-state index >= 15 is 0 Å². The molecule has 110 valence electrons. The molecule has 20 heavy (non-hydrogen) atoms. The minimum absolute atomic E-state index is 0.0484. The van der Waals surface area contributed by atoms with Crippen LogP contribution >= 0.6 is 0 Å². The molecule has 4 heteroatoms. The van der Waals surface area contributed by atoms with Crippen molar-refractivity contribution in [3.63, 3.8) is 0 Å². The SMILES string of the molecule is CC(C(=O)NCCC1CCNC1)C(N)c1ccccc1. The molecule has 1 aliphatic rings. The Bertz CT molecular complexity index is 415. The van der Waals surface area contributed by atoms with Gasteiger partial charge >= 0.3 is 0 Å². The highest BCUT2D eigenvalue weighted by Gasteiger charge is 2.22. The van der Waals surface area contributed by atoms with E-state index in [1.165, 1.54) is 6.42 Å². The van der Waals surface area contributed by atoms with Gasteiger partial charge in [0.25, 0.3) is 0 Å². The monoisotopic (exact) mass is 275 g/mol. The van der Waals surface area contributed by atoms with Gasteiger partial charge in [-0.15, -0.1) is 0 Å². The average Bonchev–Trinajstić information content (AvgIpc) is 2.99. The molecule has 0 aliphatic carbocycles. The van der Waals surface area contributed by atoms with Crippen LogP contribution in [0, 0.1) is 11.8 Å². The zero-order valence-corrected chi connectivity index (χ0v) is 12.1. The molecule has 0 bridgehead atoms. The molecule has 4 N–H and O–H groups in total. The van der Waals surface area contributed by atoms with E-state index in [9.17, 15) is 4.79 Å². The second kappa shape index (κ2) is 7.41. The highest BCUT2D eigenvalue weighted by atomic mass is 16.1. The summed E-state index contributed by atoms with van der Waals surface area (Å²) in [6.45, 7) is 4.82. The molecule has 1 aromatic rings. The largest absolute Gasteiger partial charge is 0.356 e. The summed E-state index contributed by atoms with van der Waals surface area (Å²) in [6.07, 6.45) is 2.26. The molecule has 1 saturated heterocycles. The zero-order valence-electron chi connectivity index (χ0n) is 12.1. The summed E-state index contributed by atoms with van der Waals surface area (Å²) >= 11 is 0. The Morgan fingerprint density at radius 3 is 2.85 bits per heavy atom. The minimum atomic E-state index is -0.246. The number of nitrogens with two attached hydrogens (primary N) is 1. The van der Waals surface area contributed by atoms with Gasteiger partial charge in [-0.25, -0.2) is 0 Å². The van der Waals surface area contributed by atoms with Gasteiger partial charge in [0.05, 0.1) is 5.92 Å². The summed E-state index contributed by atoms with van der Waals surface area (Å²) in [5, 5.41) is 6.35. The third-order valence-corrected chi connectivity index (χ3v) is 4.15. The van der Waals surface area contributed by atoms with Crippen LogP contribution in [-0.2, 0) is 4.79 Å². The van der Waals surface area contributed by atoms with Crippen LogP contribution < -0.4 is 16.4 Å². The summed E-state index contributed by atoms with van der Waals surface area (Å²) < 4.78 is 0. The number of benzene rings is 1. The van der Waals surface area contributed by atoms with Gasteiger partial charge < -0.3 is 16.4 Å². The fraction of sp³-hybridized carbons (Fsp3) is 0.562. The number of rotatable bonds is 6. The third-order valence-electron chi connectivity index (χ3n) is 4.15. The topological polar surface area (TPSA) is 67.2 Å². The van der Waals surface area contributed by atoms with Crippen LogP contribution in [0.2, 0.25) is 0 Å². The molecule has 1 aliphatic heterocycles. The summed E-state index contributed by atoms with van der Waals surface area (Å²) in [6, 6.07) is 9.55. The van der Waals surface area contributed by atoms with E-state index in [0.717, 1.165) is 31.6 Å². The molecule has 1 amide bonds. The van der Waals surface area contributed by atoms with Crippen LogP contribution in [0.25, 0.3) is 0 Å². The Morgan fingerprint density at radius 1 is 1.45 bits per heavy atom. The summed E-state index contributed by atoms with van der Waals surface area (Å²) in [4.78, 5) is 12.1. The molecule has 0 saturated carbocycles. The van der Waals surface area contributed by atoms with Crippen molar-refractivity contribution in [2.45, 2.75) is 25.8 Å². The van der Waals surface area contributed by atoms with Crippen molar-refractivity contribution in [2.24, 2.45) is 17.6 Å². The number of nitrogens with one attached hydrogen (secondary N) is 2. The minimum Gasteiger partial charge on any atom is -0.356 e. The van der Waals surface area contributed by atoms with Gasteiger partial charge in [-0.1, -0.05) is 37.3 Å². The molecule has 1 aromatic carbocycles. The molecule has 1 heterocycles. The number of carbonyl (C=O) groups excluding carboxylic acids is 1. The number of hydrogen-bond acceptors (Lipinski definition) is 3. The summed E-state index contributed by atoms with van der Waals surface area (Å²) in [7, 11) is 0. The predicted octanol–water partition coefficient (Wildman–Crippen LogP) is 1.44. The maximum atomic E-state index is 12.1. The lowest BCUT2D eigenvalue weighted by Crippen LogP contribution is -2.36. The summed E-state index contributed by atoms with van der Waals surface area (Å²) in [5.41, 5.74) is 7.17. The van der Waals surface area contributed by atoms with Crippen LogP contribution in [0.15, 0.2) is 30.3 Å². The summed E-state index contributed by atoms with van der Waals surface area (Å²) in [5.74, 6) is 0.541. The molecule has 0 aromatic heterocycles. The maximum Gasteiger partial charge on any atom is 0.224 e. The van der Waals surface area contributed by atoms with Gasteiger partial charge in [-0.05, 0) is 37.4 Å². The lowest BCUT2D eigenvalue weighted by molar-refractivity contribution is -0.125. The van der Waals surface area contributed by atoms with E-state index in [1.54, 1.807) is 0 Å². The first kappa shape index (κ1) is 15.0. The fourth-order valence-corrected chi connectivity index (χ4v) is 2.65. The average molecular weight is 275 g/mol. The molecule has 2 rings (SSSR count). The molecule has 3 atom stereocenters. The number of hydrogen-bond donors (Lipinski definition) is 3. The van der Waals surface area contributed by atoms with E-state index in [2.05, 4.69) is 10.6 Å². The van der Waals surface area contributed by atoms with Crippen molar-refractivity contribution in [3.8, 4) is 0 Å². The van der Waals surface area contributed by atoms with E-state index < -0.39 is 0 Å². The first-order valence-electron chi connectivity index (χ1n) is 7.47. The second-order valence-electron chi connectivity index (χ2n) is 5.66. The van der Waals surface area contributed by atoms with Crippen molar-refractivity contribution in [2.75, 3.05) is 19.6 Å². The lowest BCUT2D eigenvalue weighted by Gasteiger charge is -2.20. The third kappa shape index (κ3) is 4.05. The first-order valence-corrected chi connectivity index (χ1v) is 7.47. The van der Waals surface area contributed by atoms with Gasteiger partial charge in [-0.2, -0.15) is 0 Å². The van der Waals surface area contributed by atoms with E-state index in [-0.39, 0.29) is 17.9 Å². The van der Waals surface area contributed by atoms with Gasteiger partial charge in [0.2, 0.25) is 5.91 Å². The quantitative estimate of drug-likeness (QED) is 0.736. The fourth-order valence-electron chi connectivity index (χ4n) is 2.65. The van der Waals surface area contributed by atoms with Crippen LogP contribution in [-0.4, -0.2) is 25.5 Å². The highest BCUT2D eigenvalue weighted by Crippen LogP contribution is 2.19. The standard InChI is InChI=1S/C16H25N3O/c1-12(15(17)14-5-3-2-4-6-14)16(20)19-10-8-13-7-9-18-11-13/h2-6,12-13,15,18H,7-11,17H2,1H3,(H,19,20). The Balaban J connectivity index is 1.76. The van der Waals surface area contributed by atoms with Gasteiger partial charge in [0.15, 0.2) is 0 Å². The van der Waals surface area contributed by atoms with Crippen molar-refractivity contribution < 1.29 is 4.79 Å². The zero-order chi connectivity index (χ0) is 14.4. The molecule has 1 fully saturated rings. The highest BCUT2D eigenvalue weighted by molar-refractivity contribution is 5.79. The van der Waals surface area contributed by atoms with Gasteiger partial charge in [-0.3, -0.25) is 4.79 Å². The smallest absolute Gasteiger partial charge is 0.224 e. The molecular formula is C16H25N3O. The van der Waals surface area contributed by atoms with E-state index in [4.69, 9.17) is 5.73 Å². The lowest BCUT2D eigenvalue weighted by atomic mass is 9.94. The molecular weight excluding hydrogens is 250 g/mol. The Hall–Kier alpha value is -1.39. The van der Waals surface area contributed by atoms with Crippen LogP contribution in [0.4, 0.5) is 0 Å². The molecule has 0 radical (unpaired) electrons. The van der Waals surface area contributed by atoms with Crippen molar-refractivity contribution in [1.82, 2.24) is 10.6 Å². The Labute approximate surface area is 121 Å². The predicted molar refractivity (Wildman–Crippen MR) is 81.1 cm³/mol. The molecule has 4 nitrogen and oxygen atoms in total. The van der Waals surface area contributed by atoms with Gasteiger partial charge in [0.1, 0.15) is 0 Å². The van der Waals surface area contributed by atoms with Crippen molar-refractivity contribution in [1.29, 1.82) is 0 Å². The number of carbonyl (C=O) groups is 1. The maximum absolute atomic E-state index is 12.1.